The van der Waals surface area contributed by atoms with Gasteiger partial charge in [0.05, 0.1) is 16.9 Å². The molecular formula is C27H42FN5O4. The number of aromatic nitrogens is 1. The Morgan fingerprint density at radius 1 is 1.22 bits per heavy atom. The first-order chi connectivity index (χ1) is 17.9. The van der Waals surface area contributed by atoms with Gasteiger partial charge in [-0.1, -0.05) is 19.9 Å². The Morgan fingerprint density at radius 2 is 1.86 bits per heavy atom. The summed E-state index contributed by atoms with van der Waals surface area (Å²) in [6.45, 7) is 9.62. The van der Waals surface area contributed by atoms with E-state index in [1.54, 1.807) is 7.05 Å². The molecule has 1 aromatic carbocycles. The van der Waals surface area contributed by atoms with Gasteiger partial charge in [-0.15, -0.1) is 0 Å². The number of rotatable bonds is 12. The monoisotopic (exact) mass is 519 g/mol. The number of nitrogens with two attached hydrogens (primary N) is 1. The van der Waals surface area contributed by atoms with Gasteiger partial charge in [-0.25, -0.2) is 4.39 Å². The first kappa shape index (κ1) is 33.5. The third kappa shape index (κ3) is 11.4. The van der Waals surface area contributed by atoms with Crippen molar-refractivity contribution in [1.29, 1.82) is 0 Å². The zero-order valence-electron chi connectivity index (χ0n) is 22.8. The second-order valence-corrected chi connectivity index (χ2v) is 7.23. The van der Waals surface area contributed by atoms with Crippen molar-refractivity contribution in [3.63, 3.8) is 0 Å². The minimum atomic E-state index is -0.398. The molecule has 1 heterocycles. The molecule has 0 bridgehead atoms. The Bertz CT molecular complexity index is 1050. The molecule has 37 heavy (non-hydrogen) atoms. The van der Waals surface area contributed by atoms with Gasteiger partial charge in [-0.05, 0) is 51.2 Å². The number of aliphatic imine (C=N–C) groups is 1. The van der Waals surface area contributed by atoms with E-state index in [-0.39, 0.29) is 29.2 Å². The molecule has 0 aliphatic rings. The van der Waals surface area contributed by atoms with Crippen LogP contribution in [-0.2, 0) is 13.2 Å². The average Bonchev–Trinajstić information content (AvgIpc) is 2.90. The average molecular weight is 520 g/mol. The molecule has 0 saturated heterocycles. The van der Waals surface area contributed by atoms with Crippen molar-refractivity contribution >= 4 is 17.3 Å². The number of benzene rings is 1. The zero-order chi connectivity index (χ0) is 28.2. The lowest BCUT2D eigenvalue weighted by atomic mass is 10.1. The number of hydrogen-bond acceptors (Lipinski definition) is 7. The zero-order valence-corrected chi connectivity index (χ0v) is 22.8. The molecule has 0 atom stereocenters. The van der Waals surface area contributed by atoms with Crippen LogP contribution in [0, 0.1) is 5.82 Å². The molecule has 0 fully saturated rings. The predicted molar refractivity (Wildman–Crippen MR) is 149 cm³/mol. The minimum Gasteiger partial charge on any atom is -0.487 e. The Labute approximate surface area is 219 Å². The number of ether oxygens (including phenoxy) is 1. The molecule has 10 heteroatoms. The number of carbonyl (C=O) groups is 1. The quantitative estimate of drug-likeness (QED) is 0.252. The van der Waals surface area contributed by atoms with Crippen LogP contribution >= 0.6 is 0 Å². The van der Waals surface area contributed by atoms with Crippen molar-refractivity contribution in [2.24, 2.45) is 4.99 Å². The van der Waals surface area contributed by atoms with E-state index in [4.69, 9.17) is 15.6 Å². The standard InChI is InChI=1S/C24H32FN5O3.C2H6.CH4O/c1-4-6-18(28-5-2)11-14-30-21(16-33-19-9-7-17(25)8-10-19)23(20(26)15-22(30)31)24(32)29-13-12-27-3;2*1-2/h4,6-10,15,27H,5,11-14,16,26H2,1-3H3,(H,29,32);1-2H3;2H,1H3/b6-4-,28-18?;;. The number of aliphatic hydroxyl groups excluding tert-OH is 1. The summed E-state index contributed by atoms with van der Waals surface area (Å²) in [4.78, 5) is 30.3. The summed E-state index contributed by atoms with van der Waals surface area (Å²) < 4.78 is 20.5. The van der Waals surface area contributed by atoms with Gasteiger partial charge >= 0.3 is 0 Å². The number of nitrogens with one attached hydrogen (secondary N) is 2. The molecule has 0 aliphatic carbocycles. The molecule has 5 N–H and O–H groups in total. The van der Waals surface area contributed by atoms with Gasteiger partial charge in [0, 0.05) is 51.5 Å². The van der Waals surface area contributed by atoms with Gasteiger partial charge < -0.3 is 30.8 Å². The van der Waals surface area contributed by atoms with Crippen molar-refractivity contribution in [2.45, 2.75) is 47.3 Å². The molecule has 2 rings (SSSR count). The Kier molecular flexibility index (Phi) is 17.8. The summed E-state index contributed by atoms with van der Waals surface area (Å²) in [6, 6.07) is 6.76. The number of allylic oxidation sites excluding steroid dienone is 2. The van der Waals surface area contributed by atoms with Crippen LogP contribution in [0.5, 0.6) is 5.75 Å². The van der Waals surface area contributed by atoms with Crippen molar-refractivity contribution in [3.05, 3.63) is 69.9 Å². The van der Waals surface area contributed by atoms with Crippen LogP contribution < -0.4 is 26.7 Å². The van der Waals surface area contributed by atoms with Gasteiger partial charge in [-0.2, -0.15) is 0 Å². The van der Waals surface area contributed by atoms with Crippen LogP contribution in [-0.4, -0.2) is 55.1 Å². The molecule has 0 aliphatic heterocycles. The molecular weight excluding hydrogens is 477 g/mol. The summed E-state index contributed by atoms with van der Waals surface area (Å²) >= 11 is 0. The third-order valence-corrected chi connectivity index (χ3v) is 4.84. The van der Waals surface area contributed by atoms with E-state index in [0.29, 0.717) is 44.0 Å². The van der Waals surface area contributed by atoms with E-state index in [1.165, 1.54) is 34.9 Å². The smallest absolute Gasteiger partial charge is 0.255 e. The van der Waals surface area contributed by atoms with Crippen molar-refractivity contribution in [1.82, 2.24) is 15.2 Å². The molecule has 0 radical (unpaired) electrons. The number of hydrogen-bond donors (Lipinski definition) is 4. The summed E-state index contributed by atoms with van der Waals surface area (Å²) in [7, 11) is 2.78. The predicted octanol–water partition coefficient (Wildman–Crippen LogP) is 3.16. The normalized spacial score (nSPS) is 10.8. The highest BCUT2D eigenvalue weighted by Crippen LogP contribution is 2.19. The summed E-state index contributed by atoms with van der Waals surface area (Å²) in [5.74, 6) is -0.383. The van der Waals surface area contributed by atoms with Crippen molar-refractivity contribution in [2.75, 3.05) is 39.5 Å². The number of anilines is 1. The van der Waals surface area contributed by atoms with Gasteiger partial charge in [0.25, 0.3) is 11.5 Å². The number of nitrogen functional groups attached to an aromatic ring is 1. The van der Waals surface area contributed by atoms with Gasteiger partial charge in [0.15, 0.2) is 0 Å². The molecule has 0 spiro atoms. The number of carbonyl (C=O) groups excluding carboxylic acids is 1. The van der Waals surface area contributed by atoms with E-state index in [1.807, 2.05) is 39.8 Å². The lowest BCUT2D eigenvalue weighted by molar-refractivity contribution is 0.0951. The Balaban J connectivity index is 0.00000308. The summed E-state index contributed by atoms with van der Waals surface area (Å²) in [6.07, 6.45) is 4.28. The number of halogens is 1. The highest BCUT2D eigenvalue weighted by molar-refractivity contribution is 6.00. The second kappa shape index (κ2) is 19.7. The van der Waals surface area contributed by atoms with Crippen molar-refractivity contribution in [3.8, 4) is 5.75 Å². The first-order valence-electron chi connectivity index (χ1n) is 12.3. The molecule has 9 nitrogen and oxygen atoms in total. The maximum absolute atomic E-state index is 13.2. The number of likely N-dealkylation sites (N-methyl/N-ethyl adjacent to an activating group) is 1. The van der Waals surface area contributed by atoms with Crippen LogP contribution in [0.15, 0.2) is 52.3 Å². The lowest BCUT2D eigenvalue weighted by Crippen LogP contribution is -2.35. The Morgan fingerprint density at radius 3 is 2.43 bits per heavy atom. The number of nitrogens with zero attached hydrogens (tertiary/aromatic N) is 2. The van der Waals surface area contributed by atoms with E-state index < -0.39 is 5.91 Å². The number of amides is 1. The number of pyridine rings is 1. The van der Waals surface area contributed by atoms with Crippen LogP contribution in [0.2, 0.25) is 0 Å². The van der Waals surface area contributed by atoms with Gasteiger partial charge in [-0.3, -0.25) is 14.6 Å². The fourth-order valence-corrected chi connectivity index (χ4v) is 3.28. The van der Waals surface area contributed by atoms with Crippen LogP contribution in [0.1, 0.15) is 50.2 Å². The highest BCUT2D eigenvalue weighted by atomic mass is 19.1. The fourth-order valence-electron chi connectivity index (χ4n) is 3.28. The van der Waals surface area contributed by atoms with E-state index in [2.05, 4.69) is 15.6 Å². The molecule has 0 saturated carbocycles. The van der Waals surface area contributed by atoms with Gasteiger partial charge in [0.2, 0.25) is 0 Å². The van der Waals surface area contributed by atoms with Crippen LogP contribution in [0.25, 0.3) is 0 Å². The molecule has 1 aromatic heterocycles. The first-order valence-corrected chi connectivity index (χ1v) is 12.3. The highest BCUT2D eigenvalue weighted by Gasteiger charge is 2.21. The number of aliphatic hydroxyl groups is 1. The van der Waals surface area contributed by atoms with Crippen LogP contribution in [0.3, 0.4) is 0 Å². The Hall–Kier alpha value is -3.50. The van der Waals surface area contributed by atoms with Gasteiger partial charge in [0.1, 0.15) is 18.2 Å². The topological polar surface area (TPSA) is 131 Å². The minimum absolute atomic E-state index is 0.0758. The second-order valence-electron chi connectivity index (χ2n) is 7.23. The molecule has 2 aromatic rings. The maximum Gasteiger partial charge on any atom is 0.255 e. The summed E-state index contributed by atoms with van der Waals surface area (Å²) in [5.41, 5.74) is 7.22. The third-order valence-electron chi connectivity index (χ3n) is 4.84. The van der Waals surface area contributed by atoms with Crippen molar-refractivity contribution < 1.29 is 19.0 Å². The van der Waals surface area contributed by atoms with Crippen LogP contribution in [0.4, 0.5) is 10.1 Å². The molecule has 0 unspecified atom stereocenters. The molecule has 206 valence electrons. The summed E-state index contributed by atoms with van der Waals surface area (Å²) in [5, 5.41) is 12.8. The SMILES string of the molecule is C/C=C\C(CCn1c(COc2ccc(F)cc2)c(C(=O)NCCNC)c(N)cc1=O)=NCC.CC.CO. The molecule has 1 amide bonds. The largest absolute Gasteiger partial charge is 0.487 e. The fraction of sp³-hybridized carbons (Fsp3) is 0.444. The lowest BCUT2D eigenvalue weighted by Gasteiger charge is -2.19. The van der Waals surface area contributed by atoms with E-state index >= 15 is 0 Å². The maximum atomic E-state index is 13.2. The van der Waals surface area contributed by atoms with E-state index in [0.717, 1.165) is 12.8 Å². The van der Waals surface area contributed by atoms with E-state index in [9.17, 15) is 14.0 Å².